The number of para-hydroxylation sites is 2. The number of hydrogen-bond acceptors (Lipinski definition) is 5. The molecule has 0 radical (unpaired) electrons. The third-order valence-corrected chi connectivity index (χ3v) is 5.31. The van der Waals surface area contributed by atoms with Gasteiger partial charge in [0.1, 0.15) is 12.4 Å². The van der Waals surface area contributed by atoms with Crippen LogP contribution in [0.2, 0.25) is 0 Å². The van der Waals surface area contributed by atoms with E-state index >= 15 is 0 Å². The molecule has 0 unspecified atom stereocenters. The van der Waals surface area contributed by atoms with Gasteiger partial charge >= 0.3 is 0 Å². The molecule has 0 aliphatic carbocycles. The van der Waals surface area contributed by atoms with E-state index in [0.717, 1.165) is 44.9 Å². The van der Waals surface area contributed by atoms with Gasteiger partial charge in [0, 0.05) is 31.1 Å². The predicted molar refractivity (Wildman–Crippen MR) is 102 cm³/mol. The van der Waals surface area contributed by atoms with Gasteiger partial charge in [0.2, 0.25) is 0 Å². The quantitative estimate of drug-likeness (QED) is 0.746. The molecule has 1 aliphatic rings. The van der Waals surface area contributed by atoms with E-state index in [1.807, 2.05) is 0 Å². The molecule has 0 atom stereocenters. The number of ether oxygens (including phenoxy) is 1. The first kappa shape index (κ1) is 17.3. The molecule has 4 nitrogen and oxygen atoms in total. The van der Waals surface area contributed by atoms with Crippen LogP contribution in [0.4, 0.5) is 5.69 Å². The van der Waals surface area contributed by atoms with Crippen molar-refractivity contribution in [3.05, 3.63) is 46.7 Å². The van der Waals surface area contributed by atoms with Crippen LogP contribution in [0, 0.1) is 0 Å². The molecule has 1 saturated heterocycles. The van der Waals surface area contributed by atoms with Crippen LogP contribution in [0.25, 0.3) is 0 Å². The fraction of sp³-hybridized carbons (Fsp3) is 0.474. The lowest BCUT2D eigenvalue weighted by Gasteiger charge is -2.36. The Balaban J connectivity index is 1.55. The lowest BCUT2D eigenvalue weighted by atomic mass is 10.2. The third-order valence-electron chi connectivity index (χ3n) is 4.46. The summed E-state index contributed by atoms with van der Waals surface area (Å²) in [6.45, 7) is 6.96. The number of unbranched alkanes of at least 4 members (excludes halogenated alkanes) is 1. The SMILES string of the molecule is NCCCCN1CCN(c2ccccc2OCc2cccs2)CC1. The molecule has 24 heavy (non-hydrogen) atoms. The number of hydrogen-bond donors (Lipinski definition) is 1. The van der Waals surface area contributed by atoms with Crippen molar-refractivity contribution in [2.24, 2.45) is 5.73 Å². The fourth-order valence-electron chi connectivity index (χ4n) is 3.08. The van der Waals surface area contributed by atoms with Crippen molar-refractivity contribution in [2.75, 3.05) is 44.2 Å². The molecule has 0 saturated carbocycles. The van der Waals surface area contributed by atoms with E-state index in [1.54, 1.807) is 11.3 Å². The molecule has 5 heteroatoms. The Bertz CT molecular complexity index is 594. The Hall–Kier alpha value is -1.56. The van der Waals surface area contributed by atoms with Crippen molar-refractivity contribution in [1.29, 1.82) is 0 Å². The van der Waals surface area contributed by atoms with Crippen LogP contribution in [0.3, 0.4) is 0 Å². The second-order valence-corrected chi connectivity index (χ2v) is 7.19. The van der Waals surface area contributed by atoms with Gasteiger partial charge in [-0.2, -0.15) is 0 Å². The summed E-state index contributed by atoms with van der Waals surface area (Å²) in [4.78, 5) is 6.25. The highest BCUT2D eigenvalue weighted by atomic mass is 32.1. The number of benzene rings is 1. The topological polar surface area (TPSA) is 41.7 Å². The maximum Gasteiger partial charge on any atom is 0.143 e. The van der Waals surface area contributed by atoms with Crippen LogP contribution < -0.4 is 15.4 Å². The van der Waals surface area contributed by atoms with Gasteiger partial charge in [-0.05, 0) is 49.5 Å². The number of nitrogens with two attached hydrogens (primary N) is 1. The Labute approximate surface area is 148 Å². The summed E-state index contributed by atoms with van der Waals surface area (Å²) in [6, 6.07) is 12.6. The van der Waals surface area contributed by atoms with Gasteiger partial charge < -0.3 is 15.4 Å². The lowest BCUT2D eigenvalue weighted by Crippen LogP contribution is -2.46. The number of piperazine rings is 1. The van der Waals surface area contributed by atoms with Crippen LogP contribution >= 0.6 is 11.3 Å². The van der Waals surface area contributed by atoms with Crippen molar-refractivity contribution in [3.63, 3.8) is 0 Å². The van der Waals surface area contributed by atoms with Gasteiger partial charge in [0.15, 0.2) is 0 Å². The van der Waals surface area contributed by atoms with Gasteiger partial charge in [0.05, 0.1) is 5.69 Å². The first-order valence-electron chi connectivity index (χ1n) is 8.78. The Morgan fingerprint density at radius 2 is 1.83 bits per heavy atom. The van der Waals surface area contributed by atoms with E-state index in [-0.39, 0.29) is 0 Å². The third kappa shape index (κ3) is 4.72. The number of rotatable bonds is 8. The average Bonchev–Trinajstić information content (AvgIpc) is 3.15. The van der Waals surface area contributed by atoms with Gasteiger partial charge in [0.25, 0.3) is 0 Å². The molecule has 2 N–H and O–H groups in total. The largest absolute Gasteiger partial charge is 0.486 e. The standard InChI is InChI=1S/C19H27N3OS/c20-9-3-4-10-21-11-13-22(14-12-21)18-7-1-2-8-19(18)23-16-17-6-5-15-24-17/h1-2,5-8,15H,3-4,9-14,16,20H2. The van der Waals surface area contributed by atoms with Gasteiger partial charge in [-0.25, -0.2) is 0 Å². The Kier molecular flexibility index (Phi) is 6.52. The number of thiophene rings is 1. The van der Waals surface area contributed by atoms with Crippen LogP contribution in [0.5, 0.6) is 5.75 Å². The maximum atomic E-state index is 6.08. The van der Waals surface area contributed by atoms with Crippen LogP contribution in [-0.4, -0.2) is 44.2 Å². The normalized spacial score (nSPS) is 15.6. The Morgan fingerprint density at radius 1 is 1.00 bits per heavy atom. The summed E-state index contributed by atoms with van der Waals surface area (Å²) in [5.74, 6) is 0.988. The number of anilines is 1. The molecule has 3 rings (SSSR count). The summed E-state index contributed by atoms with van der Waals surface area (Å²) < 4.78 is 6.08. The van der Waals surface area contributed by atoms with E-state index in [2.05, 4.69) is 51.6 Å². The van der Waals surface area contributed by atoms with Crippen LogP contribution in [0.15, 0.2) is 41.8 Å². The molecule has 1 aromatic carbocycles. The monoisotopic (exact) mass is 345 g/mol. The number of nitrogens with zero attached hydrogens (tertiary/aromatic N) is 2. The zero-order valence-corrected chi connectivity index (χ0v) is 15.0. The highest BCUT2D eigenvalue weighted by Crippen LogP contribution is 2.30. The summed E-state index contributed by atoms with van der Waals surface area (Å²) in [5.41, 5.74) is 6.80. The summed E-state index contributed by atoms with van der Waals surface area (Å²) in [5, 5.41) is 2.09. The second-order valence-electron chi connectivity index (χ2n) is 6.16. The average molecular weight is 346 g/mol. The Morgan fingerprint density at radius 3 is 2.58 bits per heavy atom. The first-order chi connectivity index (χ1) is 11.9. The van der Waals surface area contributed by atoms with E-state index in [4.69, 9.17) is 10.5 Å². The lowest BCUT2D eigenvalue weighted by molar-refractivity contribution is 0.251. The molecule has 0 amide bonds. The molecular weight excluding hydrogens is 318 g/mol. The zero-order chi connectivity index (χ0) is 16.6. The molecule has 2 heterocycles. The minimum atomic E-state index is 0.647. The van der Waals surface area contributed by atoms with Crippen molar-refractivity contribution in [3.8, 4) is 5.75 Å². The molecule has 0 bridgehead atoms. The summed E-state index contributed by atoms with van der Waals surface area (Å²) in [6.07, 6.45) is 2.33. The van der Waals surface area contributed by atoms with Gasteiger partial charge in [-0.3, -0.25) is 4.90 Å². The van der Waals surface area contributed by atoms with E-state index < -0.39 is 0 Å². The molecule has 1 fully saturated rings. The van der Waals surface area contributed by atoms with Crippen LogP contribution in [-0.2, 0) is 6.61 Å². The highest BCUT2D eigenvalue weighted by Gasteiger charge is 2.19. The van der Waals surface area contributed by atoms with Gasteiger partial charge in [-0.1, -0.05) is 18.2 Å². The van der Waals surface area contributed by atoms with Crippen molar-refractivity contribution >= 4 is 17.0 Å². The molecule has 1 aromatic heterocycles. The molecule has 2 aromatic rings. The van der Waals surface area contributed by atoms with Crippen molar-refractivity contribution in [2.45, 2.75) is 19.4 Å². The summed E-state index contributed by atoms with van der Waals surface area (Å²) in [7, 11) is 0. The highest BCUT2D eigenvalue weighted by molar-refractivity contribution is 7.09. The summed E-state index contributed by atoms with van der Waals surface area (Å²) >= 11 is 1.74. The maximum absolute atomic E-state index is 6.08. The first-order valence-corrected chi connectivity index (χ1v) is 9.66. The minimum Gasteiger partial charge on any atom is -0.486 e. The molecular formula is C19H27N3OS. The van der Waals surface area contributed by atoms with E-state index in [1.165, 1.54) is 23.5 Å². The smallest absolute Gasteiger partial charge is 0.143 e. The molecule has 1 aliphatic heterocycles. The molecule has 0 spiro atoms. The van der Waals surface area contributed by atoms with Crippen LogP contribution in [0.1, 0.15) is 17.7 Å². The van der Waals surface area contributed by atoms with E-state index in [9.17, 15) is 0 Å². The van der Waals surface area contributed by atoms with E-state index in [0.29, 0.717) is 6.61 Å². The fourth-order valence-corrected chi connectivity index (χ4v) is 3.69. The van der Waals surface area contributed by atoms with Gasteiger partial charge in [-0.15, -0.1) is 11.3 Å². The minimum absolute atomic E-state index is 0.647. The molecule has 130 valence electrons. The zero-order valence-electron chi connectivity index (χ0n) is 14.2. The predicted octanol–water partition coefficient (Wildman–Crippen LogP) is 3.19. The van der Waals surface area contributed by atoms with Crippen molar-refractivity contribution in [1.82, 2.24) is 4.90 Å². The van der Waals surface area contributed by atoms with Crippen molar-refractivity contribution < 1.29 is 4.74 Å². The second kappa shape index (κ2) is 9.06.